The minimum absolute atomic E-state index is 0.0354. The van der Waals surface area contributed by atoms with E-state index in [1.165, 1.54) is 12.1 Å². The normalized spacial score (nSPS) is 11.9. The molecule has 0 amide bonds. The zero-order valence-corrected chi connectivity index (χ0v) is 11.2. The Kier molecular flexibility index (Phi) is 4.52. The van der Waals surface area contributed by atoms with Gasteiger partial charge < -0.3 is 9.47 Å². The molecule has 0 aliphatic rings. The second-order valence-electron chi connectivity index (χ2n) is 5.36. The quantitative estimate of drug-likeness (QED) is 0.794. The molecule has 0 heterocycles. The van der Waals surface area contributed by atoms with Gasteiger partial charge in [0.05, 0.1) is 18.3 Å². The molecule has 0 fully saturated rings. The Hall–Kier alpha value is -1.09. The summed E-state index contributed by atoms with van der Waals surface area (Å²) in [6.07, 6.45) is 0.0354. The summed E-state index contributed by atoms with van der Waals surface area (Å²) in [5.74, 6) is 0.253. The first-order valence-electron chi connectivity index (χ1n) is 5.86. The molecule has 0 saturated carbocycles. The topological polar surface area (TPSA) is 18.5 Å². The van der Waals surface area contributed by atoms with Crippen LogP contribution in [0.1, 0.15) is 40.2 Å². The molecule has 0 aliphatic heterocycles. The minimum Gasteiger partial charge on any atom is -0.491 e. The van der Waals surface area contributed by atoms with E-state index in [-0.39, 0.29) is 17.5 Å². The van der Waals surface area contributed by atoms with E-state index in [0.29, 0.717) is 12.4 Å². The highest BCUT2D eigenvalue weighted by molar-refractivity contribution is 5.29. The Morgan fingerprint density at radius 1 is 1.18 bits per heavy atom. The van der Waals surface area contributed by atoms with Gasteiger partial charge in [-0.2, -0.15) is 0 Å². The van der Waals surface area contributed by atoms with Crippen molar-refractivity contribution in [2.24, 2.45) is 0 Å². The molecule has 1 aromatic rings. The fraction of sp³-hybridized carbons (Fsp3) is 0.571. The maximum atomic E-state index is 13.4. The Morgan fingerprint density at radius 3 is 2.35 bits per heavy atom. The van der Waals surface area contributed by atoms with Crippen LogP contribution >= 0.6 is 0 Å². The lowest BCUT2D eigenvalue weighted by molar-refractivity contribution is -0.0151. The van der Waals surface area contributed by atoms with Crippen molar-refractivity contribution >= 4 is 0 Å². The number of benzene rings is 1. The second-order valence-corrected chi connectivity index (χ2v) is 5.36. The summed E-state index contributed by atoms with van der Waals surface area (Å²) in [7, 11) is 0. The summed E-state index contributed by atoms with van der Waals surface area (Å²) < 4.78 is 24.4. The molecule has 2 nitrogen and oxygen atoms in total. The van der Waals surface area contributed by atoms with Crippen molar-refractivity contribution in [3.05, 3.63) is 29.6 Å². The molecular weight excluding hydrogens is 219 g/mol. The van der Waals surface area contributed by atoms with E-state index in [4.69, 9.17) is 9.47 Å². The van der Waals surface area contributed by atoms with Crippen LogP contribution in [0.3, 0.4) is 0 Å². The molecule has 1 aromatic carbocycles. The molecule has 0 N–H and O–H groups in total. The first kappa shape index (κ1) is 14.0. The minimum atomic E-state index is -0.296. The predicted octanol–water partition coefficient (Wildman–Crippen LogP) is 3.93. The van der Waals surface area contributed by atoms with Crippen LogP contribution in [-0.2, 0) is 11.3 Å². The molecule has 96 valence electrons. The molecule has 0 aliphatic carbocycles. The maximum absolute atomic E-state index is 13.4. The van der Waals surface area contributed by atoms with Gasteiger partial charge in [-0.3, -0.25) is 0 Å². The lowest BCUT2D eigenvalue weighted by atomic mass is 10.1. The number of halogens is 1. The Morgan fingerprint density at radius 2 is 1.82 bits per heavy atom. The van der Waals surface area contributed by atoms with Crippen molar-refractivity contribution in [2.75, 3.05) is 0 Å². The summed E-state index contributed by atoms with van der Waals surface area (Å²) in [4.78, 5) is 0. The summed E-state index contributed by atoms with van der Waals surface area (Å²) in [5.41, 5.74) is 0.557. The molecule has 3 heteroatoms. The van der Waals surface area contributed by atoms with Crippen molar-refractivity contribution in [1.82, 2.24) is 0 Å². The van der Waals surface area contributed by atoms with E-state index in [9.17, 15) is 4.39 Å². The van der Waals surface area contributed by atoms with Crippen molar-refractivity contribution < 1.29 is 13.9 Å². The van der Waals surface area contributed by atoms with Crippen LogP contribution in [0.4, 0.5) is 4.39 Å². The van der Waals surface area contributed by atoms with Crippen LogP contribution in [0.5, 0.6) is 5.75 Å². The molecular formula is C14H21FO2. The standard InChI is InChI=1S/C14H21FO2/c1-10(2)17-13-7-11(6-12(15)8-13)9-16-14(3,4)5/h6-8,10H,9H2,1-5H3. The van der Waals surface area contributed by atoms with E-state index in [1.807, 2.05) is 40.7 Å². The van der Waals surface area contributed by atoms with Gasteiger partial charge in [-0.1, -0.05) is 0 Å². The van der Waals surface area contributed by atoms with Gasteiger partial charge in [0, 0.05) is 6.07 Å². The molecule has 0 saturated heterocycles. The third-order valence-corrected chi connectivity index (χ3v) is 1.97. The van der Waals surface area contributed by atoms with Crippen molar-refractivity contribution in [3.63, 3.8) is 0 Å². The first-order valence-corrected chi connectivity index (χ1v) is 5.86. The highest BCUT2D eigenvalue weighted by atomic mass is 19.1. The fourth-order valence-corrected chi connectivity index (χ4v) is 1.34. The van der Waals surface area contributed by atoms with Crippen LogP contribution in [0.15, 0.2) is 18.2 Å². The first-order chi connectivity index (χ1) is 7.76. The number of rotatable bonds is 4. The van der Waals surface area contributed by atoms with E-state index >= 15 is 0 Å². The van der Waals surface area contributed by atoms with Gasteiger partial charge in [0.15, 0.2) is 0 Å². The summed E-state index contributed by atoms with van der Waals surface area (Å²) in [6, 6.07) is 4.67. The van der Waals surface area contributed by atoms with E-state index in [1.54, 1.807) is 0 Å². The van der Waals surface area contributed by atoms with E-state index in [2.05, 4.69) is 0 Å². The van der Waals surface area contributed by atoms with Gasteiger partial charge in [0.2, 0.25) is 0 Å². The van der Waals surface area contributed by atoms with Crippen molar-refractivity contribution in [2.45, 2.75) is 52.9 Å². The SMILES string of the molecule is CC(C)Oc1cc(F)cc(COC(C)(C)C)c1. The van der Waals surface area contributed by atoms with Gasteiger partial charge in [-0.05, 0) is 52.3 Å². The largest absolute Gasteiger partial charge is 0.491 e. The van der Waals surface area contributed by atoms with Crippen molar-refractivity contribution in [3.8, 4) is 5.75 Å². The third-order valence-electron chi connectivity index (χ3n) is 1.97. The molecule has 0 bridgehead atoms. The van der Waals surface area contributed by atoms with Crippen LogP contribution in [0, 0.1) is 5.82 Å². The molecule has 1 rings (SSSR count). The number of ether oxygens (including phenoxy) is 2. The van der Waals surface area contributed by atoms with Crippen molar-refractivity contribution in [1.29, 1.82) is 0 Å². The van der Waals surface area contributed by atoms with Crippen LogP contribution < -0.4 is 4.74 Å². The molecule has 0 radical (unpaired) electrons. The number of hydrogen-bond donors (Lipinski definition) is 0. The van der Waals surface area contributed by atoms with Gasteiger partial charge in [-0.25, -0.2) is 4.39 Å². The molecule has 17 heavy (non-hydrogen) atoms. The molecule has 0 aromatic heterocycles. The van der Waals surface area contributed by atoms with Gasteiger partial charge >= 0.3 is 0 Å². The van der Waals surface area contributed by atoms with E-state index < -0.39 is 0 Å². The lowest BCUT2D eigenvalue weighted by Crippen LogP contribution is -2.18. The Bertz CT molecular complexity index is 367. The lowest BCUT2D eigenvalue weighted by Gasteiger charge is -2.20. The van der Waals surface area contributed by atoms with Gasteiger partial charge in [0.25, 0.3) is 0 Å². The zero-order chi connectivity index (χ0) is 13.1. The zero-order valence-electron chi connectivity index (χ0n) is 11.2. The van der Waals surface area contributed by atoms with Crippen LogP contribution in [0.2, 0.25) is 0 Å². The maximum Gasteiger partial charge on any atom is 0.127 e. The van der Waals surface area contributed by atoms with Crippen LogP contribution in [-0.4, -0.2) is 11.7 Å². The van der Waals surface area contributed by atoms with Gasteiger partial charge in [-0.15, -0.1) is 0 Å². The summed E-state index contributed by atoms with van der Waals surface area (Å²) >= 11 is 0. The molecule has 0 unspecified atom stereocenters. The predicted molar refractivity (Wildman–Crippen MR) is 66.7 cm³/mol. The highest BCUT2D eigenvalue weighted by Crippen LogP contribution is 2.20. The Labute approximate surface area is 103 Å². The summed E-state index contributed by atoms with van der Waals surface area (Å²) in [6.45, 7) is 10.1. The fourth-order valence-electron chi connectivity index (χ4n) is 1.34. The molecule has 0 spiro atoms. The second kappa shape index (κ2) is 5.50. The smallest absolute Gasteiger partial charge is 0.127 e. The monoisotopic (exact) mass is 240 g/mol. The number of hydrogen-bond acceptors (Lipinski definition) is 2. The summed E-state index contributed by atoms with van der Waals surface area (Å²) in [5, 5.41) is 0. The molecule has 0 atom stereocenters. The Balaban J connectivity index is 2.75. The van der Waals surface area contributed by atoms with E-state index in [0.717, 1.165) is 5.56 Å². The highest BCUT2D eigenvalue weighted by Gasteiger charge is 2.11. The van der Waals surface area contributed by atoms with Gasteiger partial charge in [0.1, 0.15) is 11.6 Å². The van der Waals surface area contributed by atoms with Crippen LogP contribution in [0.25, 0.3) is 0 Å². The average molecular weight is 240 g/mol. The average Bonchev–Trinajstić information content (AvgIpc) is 2.11. The third kappa shape index (κ3) is 5.68.